The average Bonchev–Trinajstić information content (AvgIpc) is 3.04. The van der Waals surface area contributed by atoms with E-state index in [1.807, 2.05) is 30.5 Å². The van der Waals surface area contributed by atoms with E-state index in [2.05, 4.69) is 15.0 Å². The van der Waals surface area contributed by atoms with Crippen LogP contribution < -0.4 is 5.32 Å². The number of hydrogen-bond donors (Lipinski definition) is 2. The number of nitrogens with zero attached hydrogens (tertiary/aromatic N) is 1. The van der Waals surface area contributed by atoms with Crippen LogP contribution in [-0.2, 0) is 25.5 Å². The molecule has 0 spiro atoms. The smallest absolute Gasteiger partial charge is 0.308 e. The standard InChI is InChI=1S/C18H21N3O4/c1-25-17(23)10-15-18(24)19-8-9-21(15)16(22)7-6-12-11-20-14-5-3-2-4-13(12)14/h2-5,11,15,20H,6-10H2,1H3,(H,19,24). The van der Waals surface area contributed by atoms with Gasteiger partial charge >= 0.3 is 5.97 Å². The number of H-pyrrole nitrogens is 1. The number of nitrogens with one attached hydrogen (secondary N) is 2. The van der Waals surface area contributed by atoms with Gasteiger partial charge in [-0.25, -0.2) is 0 Å². The fourth-order valence-electron chi connectivity index (χ4n) is 3.18. The molecule has 0 bridgehead atoms. The molecule has 1 saturated heterocycles. The third-order valence-corrected chi connectivity index (χ3v) is 4.52. The van der Waals surface area contributed by atoms with E-state index in [0.717, 1.165) is 16.5 Å². The highest BCUT2D eigenvalue weighted by Crippen LogP contribution is 2.20. The number of amides is 2. The Labute approximate surface area is 145 Å². The molecule has 2 aromatic rings. The van der Waals surface area contributed by atoms with Gasteiger partial charge in [0, 0.05) is 36.6 Å². The first-order valence-electron chi connectivity index (χ1n) is 8.29. The Morgan fingerprint density at radius 3 is 2.92 bits per heavy atom. The Kier molecular flexibility index (Phi) is 5.02. The zero-order valence-electron chi connectivity index (χ0n) is 14.1. The Morgan fingerprint density at radius 2 is 2.12 bits per heavy atom. The van der Waals surface area contributed by atoms with Crippen molar-refractivity contribution in [2.24, 2.45) is 0 Å². The number of aromatic nitrogens is 1. The highest BCUT2D eigenvalue weighted by molar-refractivity contribution is 5.92. The van der Waals surface area contributed by atoms with Gasteiger partial charge in [-0.05, 0) is 18.1 Å². The van der Waals surface area contributed by atoms with Gasteiger partial charge in [-0.3, -0.25) is 14.4 Å². The topological polar surface area (TPSA) is 91.5 Å². The minimum absolute atomic E-state index is 0.124. The Morgan fingerprint density at radius 1 is 1.32 bits per heavy atom. The van der Waals surface area contributed by atoms with Gasteiger partial charge in [0.05, 0.1) is 13.5 Å². The normalized spacial score (nSPS) is 17.4. The van der Waals surface area contributed by atoms with Crippen molar-refractivity contribution < 1.29 is 19.1 Å². The molecule has 1 aliphatic heterocycles. The Hall–Kier alpha value is -2.83. The van der Waals surface area contributed by atoms with Crippen LogP contribution in [0.3, 0.4) is 0 Å². The summed E-state index contributed by atoms with van der Waals surface area (Å²) in [7, 11) is 1.27. The van der Waals surface area contributed by atoms with E-state index >= 15 is 0 Å². The van der Waals surface area contributed by atoms with E-state index < -0.39 is 12.0 Å². The summed E-state index contributed by atoms with van der Waals surface area (Å²) in [6.07, 6.45) is 2.65. The van der Waals surface area contributed by atoms with Crippen LogP contribution in [0.1, 0.15) is 18.4 Å². The van der Waals surface area contributed by atoms with Crippen LogP contribution in [0.2, 0.25) is 0 Å². The molecular formula is C18H21N3O4. The summed E-state index contributed by atoms with van der Waals surface area (Å²) in [5.41, 5.74) is 2.10. The lowest BCUT2D eigenvalue weighted by molar-refractivity contribution is -0.150. The molecule has 3 rings (SSSR count). The van der Waals surface area contributed by atoms with Gasteiger partial charge in [0.2, 0.25) is 11.8 Å². The molecule has 1 aromatic heterocycles. The zero-order valence-corrected chi connectivity index (χ0v) is 14.1. The van der Waals surface area contributed by atoms with Gasteiger partial charge < -0.3 is 19.9 Å². The number of carbonyl (C=O) groups excluding carboxylic acids is 3. The van der Waals surface area contributed by atoms with Gasteiger partial charge in [0.15, 0.2) is 0 Å². The summed E-state index contributed by atoms with van der Waals surface area (Å²) >= 11 is 0. The third kappa shape index (κ3) is 3.65. The molecule has 2 amide bonds. The highest BCUT2D eigenvalue weighted by atomic mass is 16.5. The molecule has 25 heavy (non-hydrogen) atoms. The van der Waals surface area contributed by atoms with Gasteiger partial charge in [0.25, 0.3) is 0 Å². The fourth-order valence-corrected chi connectivity index (χ4v) is 3.18. The number of fused-ring (bicyclic) bond motifs is 1. The van der Waals surface area contributed by atoms with Crippen molar-refractivity contribution in [3.8, 4) is 0 Å². The van der Waals surface area contributed by atoms with Crippen molar-refractivity contribution >= 4 is 28.7 Å². The third-order valence-electron chi connectivity index (χ3n) is 4.52. The first-order valence-corrected chi connectivity index (χ1v) is 8.29. The molecule has 7 nitrogen and oxygen atoms in total. The van der Waals surface area contributed by atoms with Crippen LogP contribution in [0.25, 0.3) is 10.9 Å². The number of piperazine rings is 1. The molecule has 2 N–H and O–H groups in total. The summed E-state index contributed by atoms with van der Waals surface area (Å²) in [5, 5.41) is 3.79. The first kappa shape index (κ1) is 17.0. The molecule has 7 heteroatoms. The largest absolute Gasteiger partial charge is 0.469 e. The second-order valence-electron chi connectivity index (χ2n) is 6.03. The molecule has 0 aliphatic carbocycles. The van der Waals surface area contributed by atoms with Gasteiger partial charge in [-0.15, -0.1) is 0 Å². The molecule has 0 saturated carbocycles. The van der Waals surface area contributed by atoms with E-state index in [9.17, 15) is 14.4 Å². The number of ether oxygens (including phenoxy) is 1. The van der Waals surface area contributed by atoms with E-state index in [-0.39, 0.29) is 24.7 Å². The summed E-state index contributed by atoms with van der Waals surface area (Å²) in [6, 6.07) is 7.12. The van der Waals surface area contributed by atoms with E-state index in [1.54, 1.807) is 0 Å². The van der Waals surface area contributed by atoms with Crippen molar-refractivity contribution in [1.82, 2.24) is 15.2 Å². The second kappa shape index (κ2) is 7.38. The van der Waals surface area contributed by atoms with Crippen LogP contribution >= 0.6 is 0 Å². The van der Waals surface area contributed by atoms with E-state index in [0.29, 0.717) is 19.5 Å². The molecule has 132 valence electrons. The van der Waals surface area contributed by atoms with Crippen LogP contribution in [-0.4, -0.2) is 53.9 Å². The molecule has 1 aromatic carbocycles. The second-order valence-corrected chi connectivity index (χ2v) is 6.03. The number of hydrogen-bond acceptors (Lipinski definition) is 4. The van der Waals surface area contributed by atoms with Crippen molar-refractivity contribution in [3.63, 3.8) is 0 Å². The summed E-state index contributed by atoms with van der Waals surface area (Å²) in [5.74, 6) is -0.942. The number of para-hydroxylation sites is 1. The molecule has 1 atom stereocenters. The van der Waals surface area contributed by atoms with Gasteiger partial charge in [-0.1, -0.05) is 18.2 Å². The lowest BCUT2D eigenvalue weighted by Gasteiger charge is -2.34. The number of rotatable bonds is 5. The van der Waals surface area contributed by atoms with Crippen LogP contribution in [0, 0.1) is 0 Å². The Bertz CT molecular complexity index is 798. The number of benzene rings is 1. The molecule has 2 heterocycles. The minimum atomic E-state index is -0.795. The van der Waals surface area contributed by atoms with Crippen molar-refractivity contribution in [2.75, 3.05) is 20.2 Å². The van der Waals surface area contributed by atoms with Crippen molar-refractivity contribution in [3.05, 3.63) is 36.0 Å². The molecular weight excluding hydrogens is 322 g/mol. The van der Waals surface area contributed by atoms with Crippen molar-refractivity contribution in [1.29, 1.82) is 0 Å². The van der Waals surface area contributed by atoms with Gasteiger partial charge in [0.1, 0.15) is 6.04 Å². The van der Waals surface area contributed by atoms with E-state index in [1.165, 1.54) is 12.0 Å². The maximum atomic E-state index is 12.6. The monoisotopic (exact) mass is 343 g/mol. The molecule has 1 unspecified atom stereocenters. The predicted molar refractivity (Wildman–Crippen MR) is 91.8 cm³/mol. The molecule has 1 aliphatic rings. The van der Waals surface area contributed by atoms with Gasteiger partial charge in [-0.2, -0.15) is 0 Å². The quantitative estimate of drug-likeness (QED) is 0.792. The van der Waals surface area contributed by atoms with Crippen LogP contribution in [0.15, 0.2) is 30.5 Å². The van der Waals surface area contributed by atoms with E-state index in [4.69, 9.17) is 0 Å². The fraction of sp³-hybridized carbons (Fsp3) is 0.389. The molecule has 1 fully saturated rings. The maximum absolute atomic E-state index is 12.6. The molecule has 0 radical (unpaired) electrons. The number of carbonyl (C=O) groups is 3. The number of esters is 1. The van der Waals surface area contributed by atoms with Crippen LogP contribution in [0.5, 0.6) is 0 Å². The minimum Gasteiger partial charge on any atom is -0.469 e. The summed E-state index contributed by atoms with van der Waals surface area (Å²) in [4.78, 5) is 40.9. The Balaban J connectivity index is 1.68. The lowest BCUT2D eigenvalue weighted by Crippen LogP contribution is -2.57. The van der Waals surface area contributed by atoms with Crippen molar-refractivity contribution in [2.45, 2.75) is 25.3 Å². The predicted octanol–water partition coefficient (Wildman–Crippen LogP) is 0.991. The number of aromatic amines is 1. The number of methoxy groups -OCH3 is 1. The SMILES string of the molecule is COC(=O)CC1C(=O)NCCN1C(=O)CCc1c[nH]c2ccccc12. The summed E-state index contributed by atoms with van der Waals surface area (Å²) in [6.45, 7) is 0.801. The highest BCUT2D eigenvalue weighted by Gasteiger charge is 2.34. The maximum Gasteiger partial charge on any atom is 0.308 e. The first-order chi connectivity index (χ1) is 12.1. The summed E-state index contributed by atoms with van der Waals surface area (Å²) < 4.78 is 4.64. The lowest BCUT2D eigenvalue weighted by atomic mass is 10.1. The van der Waals surface area contributed by atoms with Crippen LogP contribution in [0.4, 0.5) is 0 Å². The average molecular weight is 343 g/mol. The zero-order chi connectivity index (χ0) is 17.8. The number of aryl methyl sites for hydroxylation is 1.